The van der Waals surface area contributed by atoms with Gasteiger partial charge in [-0.15, -0.1) is 0 Å². The van der Waals surface area contributed by atoms with Gasteiger partial charge in [-0.2, -0.15) is 0 Å². The van der Waals surface area contributed by atoms with E-state index in [9.17, 15) is 0 Å². The molecule has 0 fully saturated rings. The van der Waals surface area contributed by atoms with Crippen molar-refractivity contribution in [3.8, 4) is 0 Å². The van der Waals surface area contributed by atoms with Gasteiger partial charge >= 0.3 is 0 Å². The van der Waals surface area contributed by atoms with Gasteiger partial charge in [-0.05, 0) is 43.3 Å². The van der Waals surface area contributed by atoms with Crippen molar-refractivity contribution in [2.45, 2.75) is 32.9 Å². The number of nitrogens with zero attached hydrogens (tertiary/aromatic N) is 3. The van der Waals surface area contributed by atoms with Crippen molar-refractivity contribution in [2.75, 3.05) is 14.1 Å². The Balaban J connectivity index is 1.97. The molecule has 0 saturated carbocycles. The van der Waals surface area contributed by atoms with E-state index < -0.39 is 0 Å². The molecule has 3 heteroatoms. The molecule has 0 spiro atoms. The molecule has 0 saturated heterocycles. The van der Waals surface area contributed by atoms with E-state index in [0.717, 1.165) is 24.4 Å². The van der Waals surface area contributed by atoms with Crippen LogP contribution in [-0.2, 0) is 13.1 Å². The Labute approximate surface area is 138 Å². The predicted octanol–water partition coefficient (Wildman–Crippen LogP) is 4.27. The average Bonchev–Trinajstić information content (AvgIpc) is 2.85. The van der Waals surface area contributed by atoms with E-state index in [1.807, 2.05) is 0 Å². The van der Waals surface area contributed by atoms with Crippen molar-refractivity contribution in [1.82, 2.24) is 14.5 Å². The monoisotopic (exact) mass is 307 g/mol. The Morgan fingerprint density at radius 3 is 2.35 bits per heavy atom. The van der Waals surface area contributed by atoms with Gasteiger partial charge in [-0.1, -0.05) is 50.2 Å². The Morgan fingerprint density at radius 1 is 1.00 bits per heavy atom. The largest absolute Gasteiger partial charge is 0.322 e. The van der Waals surface area contributed by atoms with Gasteiger partial charge in [0.2, 0.25) is 0 Å². The van der Waals surface area contributed by atoms with Crippen molar-refractivity contribution in [2.24, 2.45) is 0 Å². The van der Waals surface area contributed by atoms with Crippen LogP contribution in [-0.4, -0.2) is 28.5 Å². The highest BCUT2D eigenvalue weighted by Gasteiger charge is 2.11. The molecule has 120 valence electrons. The predicted molar refractivity (Wildman–Crippen MR) is 96.8 cm³/mol. The summed E-state index contributed by atoms with van der Waals surface area (Å²) in [5, 5.41) is 0. The number of para-hydroxylation sites is 2. The van der Waals surface area contributed by atoms with E-state index in [2.05, 4.69) is 85.9 Å². The van der Waals surface area contributed by atoms with E-state index in [1.54, 1.807) is 0 Å². The maximum absolute atomic E-state index is 4.82. The number of fused-ring (bicyclic) bond motifs is 1. The van der Waals surface area contributed by atoms with E-state index in [4.69, 9.17) is 4.98 Å². The third kappa shape index (κ3) is 3.45. The summed E-state index contributed by atoms with van der Waals surface area (Å²) < 4.78 is 2.33. The molecule has 0 N–H and O–H groups in total. The zero-order chi connectivity index (χ0) is 16.4. The van der Waals surface area contributed by atoms with Gasteiger partial charge in [-0.25, -0.2) is 4.98 Å². The molecule has 1 heterocycles. The highest BCUT2D eigenvalue weighted by Crippen LogP contribution is 2.20. The number of hydrogen-bond donors (Lipinski definition) is 0. The normalized spacial score (nSPS) is 11.7. The number of aromatic nitrogens is 2. The highest BCUT2D eigenvalue weighted by atomic mass is 15.2. The van der Waals surface area contributed by atoms with Crippen LogP contribution in [0.3, 0.4) is 0 Å². The fraction of sp³-hybridized carbons (Fsp3) is 0.350. The van der Waals surface area contributed by atoms with Crippen LogP contribution in [0.4, 0.5) is 0 Å². The summed E-state index contributed by atoms with van der Waals surface area (Å²) in [7, 11) is 4.17. The first-order valence-corrected chi connectivity index (χ1v) is 8.22. The van der Waals surface area contributed by atoms with E-state index in [-0.39, 0.29) is 0 Å². The van der Waals surface area contributed by atoms with Crippen molar-refractivity contribution >= 4 is 11.0 Å². The number of hydrogen-bond acceptors (Lipinski definition) is 2. The van der Waals surface area contributed by atoms with Gasteiger partial charge in [0, 0.05) is 6.54 Å². The molecule has 0 aliphatic rings. The number of imidazole rings is 1. The molecule has 0 unspecified atom stereocenters. The van der Waals surface area contributed by atoms with E-state index >= 15 is 0 Å². The summed E-state index contributed by atoms with van der Waals surface area (Å²) in [5.74, 6) is 1.69. The Bertz CT molecular complexity index is 782. The summed E-state index contributed by atoms with van der Waals surface area (Å²) in [5.41, 5.74) is 4.98. The molecule has 0 aliphatic heterocycles. The van der Waals surface area contributed by atoms with E-state index in [0.29, 0.717) is 5.92 Å². The molecule has 23 heavy (non-hydrogen) atoms. The maximum atomic E-state index is 4.82. The van der Waals surface area contributed by atoms with Crippen LogP contribution >= 0.6 is 0 Å². The lowest BCUT2D eigenvalue weighted by molar-refractivity contribution is 0.384. The molecule has 3 aromatic rings. The first kappa shape index (κ1) is 15.8. The van der Waals surface area contributed by atoms with Gasteiger partial charge in [0.25, 0.3) is 0 Å². The third-order valence-electron chi connectivity index (χ3n) is 4.18. The minimum atomic E-state index is 0.572. The summed E-state index contributed by atoms with van der Waals surface area (Å²) in [6.07, 6.45) is 0. The van der Waals surface area contributed by atoms with Crippen LogP contribution in [0.2, 0.25) is 0 Å². The minimum absolute atomic E-state index is 0.572. The van der Waals surface area contributed by atoms with Crippen molar-refractivity contribution in [1.29, 1.82) is 0 Å². The lowest BCUT2D eigenvalue weighted by Gasteiger charge is -2.14. The van der Waals surface area contributed by atoms with Crippen molar-refractivity contribution < 1.29 is 0 Å². The van der Waals surface area contributed by atoms with Gasteiger partial charge in [0.1, 0.15) is 5.82 Å². The molecule has 1 aromatic heterocycles. The SMILES string of the molecule is CC(C)c1ccc(Cn2c(CN(C)C)nc3ccccc32)cc1. The number of benzene rings is 2. The van der Waals surface area contributed by atoms with Gasteiger partial charge in [0.05, 0.1) is 17.6 Å². The molecule has 0 atom stereocenters. The fourth-order valence-corrected chi connectivity index (χ4v) is 2.90. The minimum Gasteiger partial charge on any atom is -0.322 e. The van der Waals surface area contributed by atoms with Gasteiger partial charge in [-0.3, -0.25) is 0 Å². The molecule has 2 aromatic carbocycles. The molecule has 0 bridgehead atoms. The molecule has 3 nitrogen and oxygen atoms in total. The Morgan fingerprint density at radius 2 is 1.70 bits per heavy atom. The second-order valence-electron chi connectivity index (χ2n) is 6.74. The fourth-order valence-electron chi connectivity index (χ4n) is 2.90. The van der Waals surface area contributed by atoms with Crippen LogP contribution in [0.1, 0.15) is 36.7 Å². The standard InChI is InChI=1S/C20H25N3/c1-15(2)17-11-9-16(10-12-17)13-23-19-8-6-5-7-18(19)21-20(23)14-22(3)4/h5-12,15H,13-14H2,1-4H3. The van der Waals surface area contributed by atoms with Crippen LogP contribution in [0, 0.1) is 0 Å². The van der Waals surface area contributed by atoms with Crippen LogP contribution in [0.5, 0.6) is 0 Å². The molecule has 0 radical (unpaired) electrons. The quantitative estimate of drug-likeness (QED) is 0.702. The highest BCUT2D eigenvalue weighted by molar-refractivity contribution is 5.76. The smallest absolute Gasteiger partial charge is 0.124 e. The van der Waals surface area contributed by atoms with Crippen LogP contribution in [0.25, 0.3) is 11.0 Å². The second kappa shape index (κ2) is 6.55. The average molecular weight is 307 g/mol. The molecule has 3 rings (SSSR count). The third-order valence-corrected chi connectivity index (χ3v) is 4.18. The first-order valence-electron chi connectivity index (χ1n) is 8.22. The van der Waals surface area contributed by atoms with Gasteiger partial charge < -0.3 is 9.47 Å². The Hall–Kier alpha value is -2.13. The second-order valence-corrected chi connectivity index (χ2v) is 6.74. The molecular weight excluding hydrogens is 282 g/mol. The summed E-state index contributed by atoms with van der Waals surface area (Å²) in [6, 6.07) is 17.3. The summed E-state index contributed by atoms with van der Waals surface area (Å²) in [6.45, 7) is 6.17. The zero-order valence-corrected chi connectivity index (χ0v) is 14.5. The van der Waals surface area contributed by atoms with Crippen LogP contribution in [0.15, 0.2) is 48.5 Å². The van der Waals surface area contributed by atoms with Crippen molar-refractivity contribution in [3.63, 3.8) is 0 Å². The topological polar surface area (TPSA) is 21.1 Å². The van der Waals surface area contributed by atoms with E-state index in [1.165, 1.54) is 16.6 Å². The maximum Gasteiger partial charge on any atom is 0.124 e. The lowest BCUT2D eigenvalue weighted by atomic mass is 10.0. The molecular formula is C20H25N3. The number of rotatable bonds is 5. The summed E-state index contributed by atoms with van der Waals surface area (Å²) in [4.78, 5) is 6.98. The first-order chi connectivity index (χ1) is 11.0. The summed E-state index contributed by atoms with van der Waals surface area (Å²) >= 11 is 0. The molecule has 0 amide bonds. The Kier molecular flexibility index (Phi) is 4.49. The van der Waals surface area contributed by atoms with Crippen molar-refractivity contribution in [3.05, 3.63) is 65.5 Å². The zero-order valence-electron chi connectivity index (χ0n) is 14.5. The van der Waals surface area contributed by atoms with Gasteiger partial charge in [0.15, 0.2) is 0 Å². The lowest BCUT2D eigenvalue weighted by Crippen LogP contribution is -2.16. The molecule has 0 aliphatic carbocycles. The van der Waals surface area contributed by atoms with Crippen LogP contribution < -0.4 is 0 Å².